The Balaban J connectivity index is 0.00000184. The molecule has 0 saturated carbocycles. The van der Waals surface area contributed by atoms with Crippen molar-refractivity contribution in [2.24, 2.45) is 0 Å². The van der Waals surface area contributed by atoms with Gasteiger partial charge in [-0.2, -0.15) is 11.4 Å². The average molecular weight is 1450 g/mol. The number of anilines is 6. The van der Waals surface area contributed by atoms with Crippen LogP contribution in [0.25, 0.3) is 11.1 Å². The summed E-state index contributed by atoms with van der Waals surface area (Å²) in [5, 5.41) is 0. The molecule has 0 heterocycles. The van der Waals surface area contributed by atoms with Crippen molar-refractivity contribution >= 4 is 34.1 Å². The summed E-state index contributed by atoms with van der Waals surface area (Å²) in [5.74, 6) is 0. The van der Waals surface area contributed by atoms with Crippen LogP contribution in [0, 0.1) is 52.0 Å². The van der Waals surface area contributed by atoms with Crippen molar-refractivity contribution < 1.29 is 40.8 Å². The zero-order valence-corrected chi connectivity index (χ0v) is 44.8. The predicted molar refractivity (Wildman–Crippen MR) is 176 cm³/mol. The quantitative estimate of drug-likeness (QED) is 0.147. The van der Waals surface area contributed by atoms with E-state index in [0.29, 0.717) is 0 Å². The maximum absolute atomic E-state index is 3.41. The Labute approximate surface area is 289 Å². The Morgan fingerprint density at radius 3 is 0.848 bits per heavy atom. The first-order chi connectivity index (χ1) is 20.4. The van der Waals surface area contributed by atoms with Crippen LogP contribution in [0.4, 0.5) is 34.1 Å². The van der Waals surface area contributed by atoms with Gasteiger partial charge < -0.3 is 34.1 Å². The van der Waals surface area contributed by atoms with Gasteiger partial charge in [0, 0.05) is 63.6 Å². The van der Waals surface area contributed by atoms with Crippen molar-refractivity contribution in [2.45, 2.75) is 27.7 Å². The molecule has 2 radical (unpaired) electrons. The monoisotopic (exact) mass is 1450 g/mol. The maximum Gasteiger partial charge on any atom is 0.0420 e. The van der Waals surface area contributed by atoms with Crippen molar-refractivity contribution in [2.75, 3.05) is 9.80 Å². The van der Waals surface area contributed by atoms with Crippen LogP contribution in [0.15, 0.2) is 121 Å². The molecule has 0 aliphatic heterocycles. The summed E-state index contributed by atoms with van der Waals surface area (Å²) in [6, 6.07) is 56.2. The normalized spacial score (nSPS) is 9.91. The standard InChI is InChI=1S/C40H32N2.2Re.2Rf/c1-29-5-17-35(18-6-29)41(36-19-7-30(2)8-20-36)39-25-13-33(14-26-39)34-15-27-40(28-16-34)42(37-21-9-31(3)10-22-37)38-23-11-32(4)12-24-38;;;;/h5-18,21-22,25-28H,1-4H3;;;;/q-4;;;;. The van der Waals surface area contributed by atoms with Gasteiger partial charge in [-0.3, -0.25) is 35.4 Å². The van der Waals surface area contributed by atoms with E-state index in [1.54, 1.807) is 0 Å². The van der Waals surface area contributed by atoms with E-state index >= 15 is 0 Å². The van der Waals surface area contributed by atoms with Gasteiger partial charge in [-0.05, 0) is 73.5 Å². The molecule has 0 unspecified atom stereocenters. The minimum Gasteiger partial charge on any atom is -0.358 e. The number of benzene rings is 6. The van der Waals surface area contributed by atoms with Gasteiger partial charge in [-0.1, -0.05) is 59.7 Å². The Morgan fingerprint density at radius 1 is 0.348 bits per heavy atom. The Hall–Kier alpha value is -5.76. The van der Waals surface area contributed by atoms with Crippen LogP contribution in [-0.4, -0.2) is 0 Å². The first-order valence-corrected chi connectivity index (χ1v) is 14.2. The van der Waals surface area contributed by atoms with E-state index in [-0.39, 0.29) is 40.8 Å². The fourth-order valence-electron chi connectivity index (χ4n) is 4.96. The van der Waals surface area contributed by atoms with Crippen LogP contribution in [0.3, 0.4) is 0 Å². The van der Waals surface area contributed by atoms with Crippen LogP contribution in [-0.2, 0) is 40.8 Å². The topological polar surface area (TPSA) is 6.48 Å². The molecule has 0 aromatic heterocycles. The molecule has 0 aliphatic carbocycles. The third kappa shape index (κ3) is 7.84. The van der Waals surface area contributed by atoms with Crippen molar-refractivity contribution in [1.82, 2.24) is 0 Å². The number of aryl methyl sites for hydroxylation is 4. The molecule has 0 fully saturated rings. The van der Waals surface area contributed by atoms with Crippen molar-refractivity contribution in [3.05, 3.63) is 168 Å². The first kappa shape index (κ1) is 36.4. The third-order valence-corrected chi connectivity index (χ3v) is 7.36. The van der Waals surface area contributed by atoms with E-state index in [1.165, 1.54) is 11.1 Å². The maximum atomic E-state index is 3.41. The molecule has 0 atom stereocenters. The molecule has 0 spiro atoms. The summed E-state index contributed by atoms with van der Waals surface area (Å²) >= 11 is 0. The van der Waals surface area contributed by atoms with Gasteiger partial charge >= 0.3 is 0 Å². The van der Waals surface area contributed by atoms with Crippen LogP contribution >= 0.6 is 0 Å². The number of hydrogen-bond acceptors (Lipinski definition) is 2. The SMILES string of the molecule is Cc1c[c-]c(N(c2ccc(C)cc2)c2ccc(-c3ccc(N(c4[c-]cc(C)c[c-]4)c4ccc(C)cc4)cc3)cc2)[c-]c1.[Re].[Re].[Rf].[Rf]. The molecule has 6 heteroatoms. The second kappa shape index (κ2) is 15.8. The number of rotatable bonds is 7. The van der Waals surface area contributed by atoms with Gasteiger partial charge in [0.2, 0.25) is 0 Å². The van der Waals surface area contributed by atoms with Gasteiger partial charge in [0.05, 0.1) is 0 Å². The molecular weight excluding hydrogens is 1410 g/mol. The molecule has 46 heavy (non-hydrogen) atoms. The molecule has 2 nitrogen and oxygen atoms in total. The second-order valence-electron chi connectivity index (χ2n) is 10.8. The smallest absolute Gasteiger partial charge is 0.0420 e. The zero-order chi connectivity index (χ0) is 29.1. The van der Waals surface area contributed by atoms with Crippen LogP contribution < -0.4 is 9.80 Å². The Morgan fingerprint density at radius 2 is 0.587 bits per heavy atom. The van der Waals surface area contributed by atoms with Gasteiger partial charge in [0.25, 0.3) is 0 Å². The van der Waals surface area contributed by atoms with E-state index in [4.69, 9.17) is 0 Å². The number of hydrogen-bond donors (Lipinski definition) is 0. The van der Waals surface area contributed by atoms with Crippen LogP contribution in [0.1, 0.15) is 22.3 Å². The average Bonchev–Trinajstić information content (AvgIpc) is 3.02. The van der Waals surface area contributed by atoms with E-state index in [2.05, 4.69) is 159 Å². The Kier molecular flexibility index (Phi) is 12.5. The first-order valence-electron chi connectivity index (χ1n) is 14.2. The molecular formula is C40H32N2Re2Rf2-4. The molecule has 0 N–H and O–H groups in total. The van der Waals surface area contributed by atoms with Gasteiger partial charge in [-0.15, -0.1) is 13.8 Å². The van der Waals surface area contributed by atoms with Crippen LogP contribution in [0.2, 0.25) is 0 Å². The molecule has 6 aromatic carbocycles. The zero-order valence-electron chi connectivity index (χ0n) is 26.6. The summed E-state index contributed by atoms with van der Waals surface area (Å²) in [4.78, 5) is 4.39. The van der Waals surface area contributed by atoms with Crippen molar-refractivity contribution in [3.8, 4) is 11.1 Å². The van der Waals surface area contributed by atoms with E-state index in [9.17, 15) is 0 Å². The molecule has 0 bridgehead atoms. The van der Waals surface area contributed by atoms with Gasteiger partial charge in [0.15, 0.2) is 0 Å². The van der Waals surface area contributed by atoms with E-state index in [0.717, 1.165) is 56.4 Å². The summed E-state index contributed by atoms with van der Waals surface area (Å²) in [6.07, 6.45) is 0. The summed E-state index contributed by atoms with van der Waals surface area (Å²) < 4.78 is 0. The largest absolute Gasteiger partial charge is 0.358 e. The van der Waals surface area contributed by atoms with E-state index < -0.39 is 0 Å². The predicted octanol–water partition coefficient (Wildman–Crippen LogP) is 10.7. The number of nitrogens with zero attached hydrogens (tertiary/aromatic N) is 2. The fourth-order valence-corrected chi connectivity index (χ4v) is 4.96. The molecule has 224 valence electrons. The summed E-state index contributed by atoms with van der Waals surface area (Å²) in [7, 11) is 0. The van der Waals surface area contributed by atoms with Crippen LogP contribution in [0.5, 0.6) is 0 Å². The van der Waals surface area contributed by atoms with Gasteiger partial charge in [0.1, 0.15) is 0 Å². The Bertz CT molecular complexity index is 1540. The summed E-state index contributed by atoms with van der Waals surface area (Å²) in [6.45, 7) is 8.33. The minimum atomic E-state index is 0. The molecule has 0 amide bonds. The molecule has 0 saturated heterocycles. The molecule has 6 rings (SSSR count). The van der Waals surface area contributed by atoms with E-state index in [1.807, 2.05) is 24.3 Å². The second-order valence-corrected chi connectivity index (χ2v) is 10.8. The van der Waals surface area contributed by atoms with Crippen molar-refractivity contribution in [1.29, 1.82) is 0 Å². The summed E-state index contributed by atoms with van der Waals surface area (Å²) in [5.41, 5.74) is 13.1. The molecule has 0 aliphatic rings. The minimum absolute atomic E-state index is 0. The molecule has 6 aromatic rings. The van der Waals surface area contributed by atoms with Crippen molar-refractivity contribution in [3.63, 3.8) is 0 Å². The third-order valence-electron chi connectivity index (χ3n) is 7.36. The fraction of sp³-hybridized carbons (Fsp3) is 0.100. The van der Waals surface area contributed by atoms with Gasteiger partial charge in [-0.25, -0.2) is 0 Å².